The first-order valence-corrected chi connectivity index (χ1v) is 7.12. The number of halogens is 2. The fourth-order valence-corrected chi connectivity index (χ4v) is 2.57. The van der Waals surface area contributed by atoms with Crippen LogP contribution in [0, 0.1) is 17.6 Å². The lowest BCUT2D eigenvalue weighted by molar-refractivity contribution is -0.133. The van der Waals surface area contributed by atoms with E-state index in [4.69, 9.17) is 5.73 Å². The highest BCUT2D eigenvalue weighted by molar-refractivity contribution is 5.92. The van der Waals surface area contributed by atoms with Crippen LogP contribution in [0.15, 0.2) is 24.3 Å². The van der Waals surface area contributed by atoms with E-state index >= 15 is 0 Å². The van der Waals surface area contributed by atoms with Crippen molar-refractivity contribution in [1.29, 1.82) is 0 Å². The van der Waals surface area contributed by atoms with E-state index in [1.807, 2.05) is 6.92 Å². The van der Waals surface area contributed by atoms with Crippen molar-refractivity contribution >= 4 is 17.9 Å². The number of hydrogen-bond acceptors (Lipinski definition) is 2. The molecule has 4 nitrogen and oxygen atoms in total. The molecule has 1 fully saturated rings. The molecule has 6 heteroatoms. The lowest BCUT2D eigenvalue weighted by Crippen LogP contribution is -2.48. The molecule has 0 aliphatic carbocycles. The number of nitrogens with zero attached hydrogens (tertiary/aromatic N) is 1. The van der Waals surface area contributed by atoms with Crippen LogP contribution in [0.5, 0.6) is 0 Å². The average molecular weight is 308 g/mol. The second-order valence-corrected chi connectivity index (χ2v) is 5.48. The van der Waals surface area contributed by atoms with E-state index in [-0.39, 0.29) is 30.0 Å². The molecule has 22 heavy (non-hydrogen) atoms. The molecule has 0 radical (unpaired) electrons. The molecule has 1 aliphatic heterocycles. The predicted octanol–water partition coefficient (Wildman–Crippen LogP) is 2.09. The first kappa shape index (κ1) is 16.1. The van der Waals surface area contributed by atoms with E-state index in [9.17, 15) is 18.4 Å². The van der Waals surface area contributed by atoms with Gasteiger partial charge in [-0.25, -0.2) is 8.78 Å². The third-order valence-electron chi connectivity index (χ3n) is 3.96. The van der Waals surface area contributed by atoms with Gasteiger partial charge in [-0.15, -0.1) is 0 Å². The molecule has 0 spiro atoms. The summed E-state index contributed by atoms with van der Waals surface area (Å²) in [6.07, 6.45) is 3.56. The summed E-state index contributed by atoms with van der Waals surface area (Å²) in [5.74, 6) is -2.66. The lowest BCUT2D eigenvalue weighted by atomic mass is 9.93. The van der Waals surface area contributed by atoms with E-state index in [1.54, 1.807) is 0 Å². The van der Waals surface area contributed by atoms with Crippen molar-refractivity contribution in [1.82, 2.24) is 4.90 Å². The summed E-state index contributed by atoms with van der Waals surface area (Å²) in [4.78, 5) is 25.0. The molecule has 2 rings (SSSR count). The van der Waals surface area contributed by atoms with E-state index in [1.165, 1.54) is 11.0 Å². The molecule has 1 saturated heterocycles. The van der Waals surface area contributed by atoms with E-state index in [0.29, 0.717) is 12.8 Å². The number of piperidine rings is 1. The maximum atomic E-state index is 13.5. The summed E-state index contributed by atoms with van der Waals surface area (Å²) in [7, 11) is 0. The minimum Gasteiger partial charge on any atom is -0.369 e. The molecule has 2 N–H and O–H groups in total. The molecular weight excluding hydrogens is 290 g/mol. The summed E-state index contributed by atoms with van der Waals surface area (Å²) >= 11 is 0. The van der Waals surface area contributed by atoms with Crippen molar-refractivity contribution in [2.45, 2.75) is 25.8 Å². The zero-order valence-corrected chi connectivity index (χ0v) is 12.3. The van der Waals surface area contributed by atoms with Gasteiger partial charge in [0.05, 0.1) is 5.92 Å². The van der Waals surface area contributed by atoms with Crippen molar-refractivity contribution in [3.63, 3.8) is 0 Å². The van der Waals surface area contributed by atoms with Crippen molar-refractivity contribution in [2.24, 2.45) is 11.7 Å². The Kier molecular flexibility index (Phi) is 4.90. The Bertz CT molecular complexity index is 596. The molecule has 0 saturated carbocycles. The number of carbonyl (C=O) groups excluding carboxylic acids is 2. The quantitative estimate of drug-likeness (QED) is 0.869. The Morgan fingerprint density at radius 3 is 2.50 bits per heavy atom. The SMILES string of the molecule is C[C@@H]1CC[C@H](C(N)=O)CN1C(=O)/C=C/c1c(F)cccc1F. The van der Waals surface area contributed by atoms with Gasteiger partial charge in [-0.2, -0.15) is 0 Å². The average Bonchev–Trinajstić information content (AvgIpc) is 2.46. The smallest absolute Gasteiger partial charge is 0.246 e. The van der Waals surface area contributed by atoms with Gasteiger partial charge in [-0.1, -0.05) is 6.07 Å². The highest BCUT2D eigenvalue weighted by Gasteiger charge is 2.30. The van der Waals surface area contributed by atoms with Gasteiger partial charge in [0, 0.05) is 24.2 Å². The Hall–Kier alpha value is -2.24. The highest BCUT2D eigenvalue weighted by Crippen LogP contribution is 2.22. The van der Waals surface area contributed by atoms with Gasteiger partial charge >= 0.3 is 0 Å². The van der Waals surface area contributed by atoms with Gasteiger partial charge in [0.1, 0.15) is 11.6 Å². The van der Waals surface area contributed by atoms with Gasteiger partial charge in [-0.05, 0) is 38.0 Å². The fraction of sp³-hybridized carbons (Fsp3) is 0.375. The molecule has 1 aromatic rings. The zero-order chi connectivity index (χ0) is 16.3. The van der Waals surface area contributed by atoms with Gasteiger partial charge in [0.15, 0.2) is 0 Å². The number of carbonyl (C=O) groups is 2. The first-order chi connectivity index (χ1) is 10.4. The molecule has 118 valence electrons. The number of rotatable bonds is 3. The van der Waals surface area contributed by atoms with Gasteiger partial charge < -0.3 is 10.6 Å². The second kappa shape index (κ2) is 6.68. The summed E-state index contributed by atoms with van der Waals surface area (Å²) in [6.45, 7) is 2.10. The largest absolute Gasteiger partial charge is 0.369 e. The minimum absolute atomic E-state index is 0.0433. The number of nitrogens with two attached hydrogens (primary N) is 1. The molecular formula is C16H18F2N2O2. The summed E-state index contributed by atoms with van der Waals surface area (Å²) in [5, 5.41) is 0. The zero-order valence-electron chi connectivity index (χ0n) is 12.3. The monoisotopic (exact) mass is 308 g/mol. The standard InChI is InChI=1S/C16H18F2N2O2/c1-10-5-6-11(16(19)22)9-20(10)15(21)8-7-12-13(17)3-2-4-14(12)18/h2-4,7-8,10-11H,5-6,9H2,1H3,(H2,19,22)/b8-7+/t10-,11+/m1/s1. The van der Waals surface area contributed by atoms with E-state index in [2.05, 4.69) is 0 Å². The third kappa shape index (κ3) is 3.50. The van der Waals surface area contributed by atoms with Crippen molar-refractivity contribution in [3.8, 4) is 0 Å². The van der Waals surface area contributed by atoms with Crippen LogP contribution in [0.1, 0.15) is 25.3 Å². The van der Waals surface area contributed by atoms with Gasteiger partial charge in [-0.3, -0.25) is 9.59 Å². The van der Waals surface area contributed by atoms with E-state index < -0.39 is 17.5 Å². The van der Waals surface area contributed by atoms with Crippen LogP contribution in [0.4, 0.5) is 8.78 Å². The molecule has 0 bridgehead atoms. The molecule has 1 aliphatic rings. The Balaban J connectivity index is 2.13. The van der Waals surface area contributed by atoms with Gasteiger partial charge in [0.2, 0.25) is 11.8 Å². The molecule has 0 unspecified atom stereocenters. The highest BCUT2D eigenvalue weighted by atomic mass is 19.1. The fourth-order valence-electron chi connectivity index (χ4n) is 2.57. The lowest BCUT2D eigenvalue weighted by Gasteiger charge is -2.36. The molecule has 2 amide bonds. The van der Waals surface area contributed by atoms with Crippen molar-refractivity contribution < 1.29 is 18.4 Å². The van der Waals surface area contributed by atoms with Crippen LogP contribution < -0.4 is 5.73 Å². The maximum absolute atomic E-state index is 13.5. The minimum atomic E-state index is -0.731. The molecule has 0 aromatic heterocycles. The number of amides is 2. The predicted molar refractivity (Wildman–Crippen MR) is 78.5 cm³/mol. The van der Waals surface area contributed by atoms with Gasteiger partial charge in [0.25, 0.3) is 0 Å². The molecule has 1 aromatic carbocycles. The maximum Gasteiger partial charge on any atom is 0.246 e. The first-order valence-electron chi connectivity index (χ1n) is 7.12. The summed E-state index contributed by atoms with van der Waals surface area (Å²) in [6, 6.07) is 3.46. The third-order valence-corrected chi connectivity index (χ3v) is 3.96. The van der Waals surface area contributed by atoms with Crippen LogP contribution >= 0.6 is 0 Å². The Morgan fingerprint density at radius 2 is 1.91 bits per heavy atom. The second-order valence-electron chi connectivity index (χ2n) is 5.48. The summed E-state index contributed by atoms with van der Waals surface area (Å²) in [5.41, 5.74) is 5.03. The van der Waals surface area contributed by atoms with Crippen LogP contribution in [0.2, 0.25) is 0 Å². The number of benzene rings is 1. The van der Waals surface area contributed by atoms with Crippen LogP contribution in [-0.2, 0) is 9.59 Å². The number of hydrogen-bond donors (Lipinski definition) is 1. The molecule has 2 atom stereocenters. The number of primary amides is 1. The Labute approximate surface area is 127 Å². The topological polar surface area (TPSA) is 63.4 Å². The number of likely N-dealkylation sites (tertiary alicyclic amines) is 1. The molecule has 1 heterocycles. The van der Waals surface area contributed by atoms with Crippen LogP contribution in [0.3, 0.4) is 0 Å². The Morgan fingerprint density at radius 1 is 1.27 bits per heavy atom. The van der Waals surface area contributed by atoms with Crippen molar-refractivity contribution in [2.75, 3.05) is 6.54 Å². The van der Waals surface area contributed by atoms with Crippen molar-refractivity contribution in [3.05, 3.63) is 41.5 Å². The van der Waals surface area contributed by atoms with Crippen LogP contribution in [-0.4, -0.2) is 29.3 Å². The normalized spacial score (nSPS) is 22.0. The summed E-state index contributed by atoms with van der Waals surface area (Å²) < 4.78 is 27.0. The van der Waals surface area contributed by atoms with E-state index in [0.717, 1.165) is 24.3 Å². The van der Waals surface area contributed by atoms with Crippen LogP contribution in [0.25, 0.3) is 6.08 Å².